The Hall–Kier alpha value is -2.22. The van der Waals surface area contributed by atoms with Crippen LogP contribution in [0.1, 0.15) is 36.8 Å². The van der Waals surface area contributed by atoms with Crippen LogP contribution in [0.25, 0.3) is 11.6 Å². The van der Waals surface area contributed by atoms with E-state index in [-0.39, 0.29) is 6.10 Å². The first kappa shape index (κ1) is 18.6. The van der Waals surface area contributed by atoms with E-state index in [1.54, 1.807) is 43.6 Å². The molecule has 0 radical (unpaired) electrons. The largest absolute Gasteiger partial charge is 0.485 e. The Kier molecular flexibility index (Phi) is 6.03. The fourth-order valence-electron chi connectivity index (χ4n) is 2.98. The third-order valence-corrected chi connectivity index (χ3v) is 4.99. The van der Waals surface area contributed by atoms with Crippen LogP contribution in [0.15, 0.2) is 30.5 Å². The summed E-state index contributed by atoms with van der Waals surface area (Å²) in [6.45, 7) is 0. The van der Waals surface area contributed by atoms with E-state index in [2.05, 4.69) is 11.1 Å². The van der Waals surface area contributed by atoms with Crippen molar-refractivity contribution in [3.8, 4) is 17.7 Å². The van der Waals surface area contributed by atoms with Gasteiger partial charge < -0.3 is 9.47 Å². The number of allylic oxidation sites excluding steroid dienone is 1. The number of rotatable bonds is 5. The van der Waals surface area contributed by atoms with Gasteiger partial charge in [0, 0.05) is 27.4 Å². The first-order valence-electron chi connectivity index (χ1n) is 8.39. The molecule has 1 heterocycles. The molecule has 134 valence electrons. The van der Waals surface area contributed by atoms with Crippen molar-refractivity contribution in [2.45, 2.75) is 31.8 Å². The summed E-state index contributed by atoms with van der Waals surface area (Å²) in [5, 5.41) is 10.6. The highest BCUT2D eigenvalue weighted by atomic mass is 35.5. The minimum absolute atomic E-state index is 0.161. The Balaban J connectivity index is 1.98. The summed E-state index contributed by atoms with van der Waals surface area (Å²) in [7, 11) is 1.55. The first-order valence-corrected chi connectivity index (χ1v) is 9.15. The predicted octanol–water partition coefficient (Wildman–Crippen LogP) is 5.78. The minimum Gasteiger partial charge on any atom is -0.485 e. The van der Waals surface area contributed by atoms with Crippen molar-refractivity contribution >= 4 is 34.9 Å². The lowest BCUT2D eigenvalue weighted by atomic mass is 10.1. The molecule has 0 N–H and O–H groups in total. The number of methoxy groups -OCH3 is 1. The van der Waals surface area contributed by atoms with Crippen LogP contribution in [0.4, 0.5) is 0 Å². The summed E-state index contributed by atoms with van der Waals surface area (Å²) >= 11 is 12.4. The van der Waals surface area contributed by atoms with Crippen LogP contribution in [0.3, 0.4) is 0 Å². The van der Waals surface area contributed by atoms with Gasteiger partial charge in [-0.15, -0.1) is 0 Å². The van der Waals surface area contributed by atoms with E-state index in [1.165, 1.54) is 0 Å². The second-order valence-corrected chi connectivity index (χ2v) is 6.88. The highest BCUT2D eigenvalue weighted by molar-refractivity contribution is 6.37. The average molecular weight is 389 g/mol. The van der Waals surface area contributed by atoms with E-state index < -0.39 is 0 Å². The number of ether oxygens (including phenoxy) is 2. The molecule has 1 aliphatic rings. The van der Waals surface area contributed by atoms with Crippen LogP contribution in [-0.2, 0) is 0 Å². The molecule has 0 saturated heterocycles. The molecule has 1 fully saturated rings. The Morgan fingerprint density at radius 1 is 1.27 bits per heavy atom. The fraction of sp³-hybridized carbons (Fsp3) is 0.300. The molecule has 0 amide bonds. The maximum Gasteiger partial charge on any atom is 0.256 e. The van der Waals surface area contributed by atoms with Crippen LogP contribution >= 0.6 is 23.2 Å². The van der Waals surface area contributed by atoms with Crippen LogP contribution in [0.5, 0.6) is 11.6 Å². The predicted molar refractivity (Wildman–Crippen MR) is 104 cm³/mol. The molecular weight excluding hydrogens is 371 g/mol. The molecular formula is C20H18Cl2N2O2. The van der Waals surface area contributed by atoms with Crippen molar-refractivity contribution in [2.24, 2.45) is 0 Å². The maximum atomic E-state index is 9.62. The third kappa shape index (κ3) is 4.12. The number of benzene rings is 1. The van der Waals surface area contributed by atoms with Gasteiger partial charge in [0.1, 0.15) is 0 Å². The topological polar surface area (TPSA) is 55.1 Å². The van der Waals surface area contributed by atoms with Crippen molar-refractivity contribution in [2.75, 3.05) is 7.11 Å². The van der Waals surface area contributed by atoms with E-state index in [0.717, 1.165) is 25.7 Å². The van der Waals surface area contributed by atoms with Gasteiger partial charge in [-0.05, 0) is 50.0 Å². The van der Waals surface area contributed by atoms with Crippen molar-refractivity contribution in [1.29, 1.82) is 5.26 Å². The lowest BCUT2D eigenvalue weighted by Gasteiger charge is -2.16. The average Bonchev–Trinajstić information content (AvgIpc) is 3.15. The maximum absolute atomic E-state index is 9.62. The molecule has 3 rings (SSSR count). The van der Waals surface area contributed by atoms with Gasteiger partial charge in [0.15, 0.2) is 5.75 Å². The smallest absolute Gasteiger partial charge is 0.256 e. The minimum atomic E-state index is 0.161. The molecule has 0 bridgehead atoms. The molecule has 0 aliphatic heterocycles. The number of nitriles is 1. The van der Waals surface area contributed by atoms with Gasteiger partial charge in [0.2, 0.25) is 0 Å². The number of halogens is 2. The number of hydrogen-bond donors (Lipinski definition) is 0. The molecule has 2 aromatic rings. The van der Waals surface area contributed by atoms with Crippen molar-refractivity contribution in [3.63, 3.8) is 0 Å². The summed E-state index contributed by atoms with van der Waals surface area (Å²) in [4.78, 5) is 4.29. The quantitative estimate of drug-likeness (QED) is 0.608. The molecule has 4 nitrogen and oxygen atoms in total. The SMILES string of the molecule is COc1ncc(/C(C#N)=C/c2c(Cl)cccc2Cl)cc1OC1CCCC1. The van der Waals surface area contributed by atoms with Crippen molar-refractivity contribution in [3.05, 3.63) is 51.6 Å². The van der Waals surface area contributed by atoms with E-state index >= 15 is 0 Å². The zero-order valence-electron chi connectivity index (χ0n) is 14.3. The number of pyridine rings is 1. The highest BCUT2D eigenvalue weighted by Gasteiger charge is 2.20. The van der Waals surface area contributed by atoms with Crippen LogP contribution in [0, 0.1) is 11.3 Å². The van der Waals surface area contributed by atoms with E-state index in [0.29, 0.717) is 38.4 Å². The lowest BCUT2D eigenvalue weighted by Crippen LogP contribution is -2.12. The highest BCUT2D eigenvalue weighted by Crippen LogP contribution is 2.34. The number of nitrogens with zero attached hydrogens (tertiary/aromatic N) is 2. The van der Waals surface area contributed by atoms with E-state index in [4.69, 9.17) is 32.7 Å². The molecule has 26 heavy (non-hydrogen) atoms. The van der Waals surface area contributed by atoms with Crippen LogP contribution in [0.2, 0.25) is 10.0 Å². The van der Waals surface area contributed by atoms with Gasteiger partial charge in [-0.25, -0.2) is 4.98 Å². The Morgan fingerprint density at radius 2 is 1.96 bits per heavy atom. The Labute approximate surface area is 163 Å². The summed E-state index contributed by atoms with van der Waals surface area (Å²) in [5.41, 5.74) is 1.62. The number of hydrogen-bond acceptors (Lipinski definition) is 4. The van der Waals surface area contributed by atoms with Crippen LogP contribution in [-0.4, -0.2) is 18.2 Å². The molecule has 1 aliphatic carbocycles. The summed E-state index contributed by atoms with van der Waals surface area (Å²) in [6, 6.07) is 9.19. The Bertz CT molecular complexity index is 848. The monoisotopic (exact) mass is 388 g/mol. The number of aromatic nitrogens is 1. The van der Waals surface area contributed by atoms with Crippen molar-refractivity contribution in [1.82, 2.24) is 4.98 Å². The summed E-state index contributed by atoms with van der Waals surface area (Å²) < 4.78 is 11.4. The normalized spacial score (nSPS) is 14.9. The van der Waals surface area contributed by atoms with Crippen LogP contribution < -0.4 is 9.47 Å². The van der Waals surface area contributed by atoms with E-state index in [9.17, 15) is 5.26 Å². The van der Waals surface area contributed by atoms with Gasteiger partial charge in [-0.3, -0.25) is 0 Å². The summed E-state index contributed by atoms with van der Waals surface area (Å²) in [6.07, 6.45) is 7.76. The standard InChI is InChI=1S/C20H18Cl2N2O2/c1-25-20-19(26-15-5-2-3-6-15)10-14(12-24-20)13(11-23)9-16-17(21)7-4-8-18(16)22/h4,7-10,12,15H,2-3,5-6H2,1H3/b13-9+. The van der Waals surface area contributed by atoms with Gasteiger partial charge in [-0.2, -0.15) is 5.26 Å². The van der Waals surface area contributed by atoms with Gasteiger partial charge in [-0.1, -0.05) is 29.3 Å². The molecule has 0 unspecified atom stereocenters. The van der Waals surface area contributed by atoms with Gasteiger partial charge in [0.25, 0.3) is 5.88 Å². The Morgan fingerprint density at radius 3 is 2.58 bits per heavy atom. The van der Waals surface area contributed by atoms with Gasteiger partial charge >= 0.3 is 0 Å². The molecule has 6 heteroatoms. The summed E-state index contributed by atoms with van der Waals surface area (Å²) in [5.74, 6) is 0.956. The molecule has 1 saturated carbocycles. The molecule has 1 aromatic heterocycles. The first-order chi connectivity index (χ1) is 12.6. The second kappa shape index (κ2) is 8.44. The molecule has 0 atom stereocenters. The fourth-order valence-corrected chi connectivity index (χ4v) is 3.48. The molecule has 0 spiro atoms. The zero-order chi connectivity index (χ0) is 18.5. The zero-order valence-corrected chi connectivity index (χ0v) is 15.8. The molecule has 1 aromatic carbocycles. The van der Waals surface area contributed by atoms with E-state index in [1.807, 2.05) is 0 Å². The lowest BCUT2D eigenvalue weighted by molar-refractivity contribution is 0.198. The van der Waals surface area contributed by atoms with Gasteiger partial charge in [0.05, 0.1) is 24.9 Å². The second-order valence-electron chi connectivity index (χ2n) is 6.06. The third-order valence-electron chi connectivity index (χ3n) is 4.33. The van der Waals surface area contributed by atoms with Crippen molar-refractivity contribution < 1.29 is 9.47 Å².